The average Bonchev–Trinajstić information content (AvgIpc) is 2.78. The fraction of sp³-hybridized carbons (Fsp3) is 0.333. The van der Waals surface area contributed by atoms with Gasteiger partial charge < -0.3 is 0 Å². The molecule has 13 heavy (non-hydrogen) atoms. The maximum Gasteiger partial charge on any atom is 0.0239 e. The fourth-order valence-corrected chi connectivity index (χ4v) is 3.61. The van der Waals surface area contributed by atoms with E-state index in [9.17, 15) is 0 Å². The van der Waals surface area contributed by atoms with E-state index in [-0.39, 0.29) is 0 Å². The van der Waals surface area contributed by atoms with Crippen LogP contribution in [0.2, 0.25) is 0 Å². The minimum absolute atomic E-state index is 0.404. The van der Waals surface area contributed by atoms with Gasteiger partial charge in [-0.3, -0.25) is 0 Å². The van der Waals surface area contributed by atoms with Gasteiger partial charge in [-0.2, -0.15) is 0 Å². The molecule has 1 aromatic rings. The molecule has 0 amide bonds. The van der Waals surface area contributed by atoms with Gasteiger partial charge in [0.25, 0.3) is 0 Å². The number of hydrogen-bond acceptors (Lipinski definition) is 1. The zero-order valence-electron chi connectivity index (χ0n) is 7.49. The zero-order valence-corrected chi connectivity index (χ0v) is 8.31. The average molecular weight is 188 g/mol. The molecule has 0 saturated carbocycles. The second kappa shape index (κ2) is 2.65. The summed E-state index contributed by atoms with van der Waals surface area (Å²) in [7, 11) is 0. The van der Waals surface area contributed by atoms with Crippen molar-refractivity contribution < 1.29 is 0 Å². The summed E-state index contributed by atoms with van der Waals surface area (Å²) in [5.74, 6) is 1.25. The number of thioether (sulfide) groups is 1. The SMILES string of the molecule is C1=CC2(CCc3ccccc32)CS1. The van der Waals surface area contributed by atoms with Gasteiger partial charge in [-0.25, -0.2) is 0 Å². The van der Waals surface area contributed by atoms with E-state index >= 15 is 0 Å². The highest BCUT2D eigenvalue weighted by Gasteiger charge is 2.37. The second-order valence-electron chi connectivity index (χ2n) is 3.93. The molecule has 0 bridgehead atoms. The number of benzene rings is 1. The van der Waals surface area contributed by atoms with E-state index < -0.39 is 0 Å². The van der Waals surface area contributed by atoms with Gasteiger partial charge >= 0.3 is 0 Å². The summed E-state index contributed by atoms with van der Waals surface area (Å²) in [6.45, 7) is 0. The first-order valence-corrected chi connectivity index (χ1v) is 5.83. The van der Waals surface area contributed by atoms with Crippen molar-refractivity contribution in [3.8, 4) is 0 Å². The molecule has 1 aliphatic carbocycles. The molecule has 0 radical (unpaired) electrons. The van der Waals surface area contributed by atoms with Crippen LogP contribution in [0.25, 0.3) is 0 Å². The molecule has 0 fully saturated rings. The van der Waals surface area contributed by atoms with E-state index in [4.69, 9.17) is 0 Å². The Balaban J connectivity index is 2.16. The molecule has 0 aromatic heterocycles. The molecular weight excluding hydrogens is 176 g/mol. The standard InChI is InChI=1S/C12H12S/c1-2-4-11-10(3-1)5-6-12(11)7-8-13-9-12/h1-4,7-8H,5-6,9H2. The molecule has 1 heteroatoms. The van der Waals surface area contributed by atoms with Crippen molar-refractivity contribution >= 4 is 11.8 Å². The molecule has 3 rings (SSSR count). The van der Waals surface area contributed by atoms with Gasteiger partial charge in [0.15, 0.2) is 0 Å². The Morgan fingerprint density at radius 1 is 1.23 bits per heavy atom. The van der Waals surface area contributed by atoms with Crippen LogP contribution in [0.5, 0.6) is 0 Å². The predicted molar refractivity (Wildman–Crippen MR) is 58.0 cm³/mol. The third kappa shape index (κ3) is 1.000. The lowest BCUT2D eigenvalue weighted by atomic mass is 9.84. The van der Waals surface area contributed by atoms with Gasteiger partial charge in [-0.15, -0.1) is 11.8 Å². The Labute approximate surface area is 83.0 Å². The van der Waals surface area contributed by atoms with Crippen molar-refractivity contribution in [2.24, 2.45) is 0 Å². The van der Waals surface area contributed by atoms with Gasteiger partial charge in [0.05, 0.1) is 0 Å². The van der Waals surface area contributed by atoms with Gasteiger partial charge in [-0.1, -0.05) is 30.3 Å². The highest BCUT2D eigenvalue weighted by atomic mass is 32.2. The molecule has 2 aliphatic rings. The summed E-state index contributed by atoms with van der Waals surface area (Å²) in [6, 6.07) is 8.91. The summed E-state index contributed by atoms with van der Waals surface area (Å²) < 4.78 is 0. The maximum atomic E-state index is 2.41. The Morgan fingerprint density at radius 2 is 2.15 bits per heavy atom. The van der Waals surface area contributed by atoms with Crippen molar-refractivity contribution in [1.29, 1.82) is 0 Å². The Morgan fingerprint density at radius 3 is 3.00 bits per heavy atom. The molecule has 1 atom stereocenters. The van der Waals surface area contributed by atoms with Gasteiger partial charge in [0.2, 0.25) is 0 Å². The van der Waals surface area contributed by atoms with Crippen LogP contribution in [0.4, 0.5) is 0 Å². The highest BCUT2D eigenvalue weighted by molar-refractivity contribution is 8.02. The van der Waals surface area contributed by atoms with Crippen molar-refractivity contribution in [1.82, 2.24) is 0 Å². The van der Waals surface area contributed by atoms with Crippen LogP contribution < -0.4 is 0 Å². The van der Waals surface area contributed by atoms with Crippen LogP contribution in [0, 0.1) is 0 Å². The first kappa shape index (κ1) is 7.69. The number of hydrogen-bond donors (Lipinski definition) is 0. The first-order chi connectivity index (χ1) is 6.41. The Bertz CT molecular complexity index is 367. The summed E-state index contributed by atoms with van der Waals surface area (Å²) in [4.78, 5) is 0. The third-order valence-electron chi connectivity index (χ3n) is 3.22. The Kier molecular flexibility index (Phi) is 1.57. The molecule has 1 unspecified atom stereocenters. The lowest BCUT2D eigenvalue weighted by Gasteiger charge is -2.21. The lowest BCUT2D eigenvalue weighted by molar-refractivity contribution is 0.607. The third-order valence-corrected chi connectivity index (χ3v) is 4.23. The van der Waals surface area contributed by atoms with E-state index in [2.05, 4.69) is 35.7 Å². The Hall–Kier alpha value is -0.690. The molecule has 0 nitrogen and oxygen atoms in total. The van der Waals surface area contributed by atoms with Crippen molar-refractivity contribution in [3.05, 3.63) is 46.9 Å². The summed E-state index contributed by atoms with van der Waals surface area (Å²) >= 11 is 1.95. The quantitative estimate of drug-likeness (QED) is 0.602. The first-order valence-electron chi connectivity index (χ1n) is 4.78. The molecule has 1 heterocycles. The van der Waals surface area contributed by atoms with Gasteiger partial charge in [0, 0.05) is 11.2 Å². The van der Waals surface area contributed by atoms with Crippen LogP contribution >= 0.6 is 11.8 Å². The van der Waals surface area contributed by atoms with Crippen LogP contribution in [0.1, 0.15) is 17.5 Å². The summed E-state index contributed by atoms with van der Waals surface area (Å²) in [5, 5.41) is 2.27. The van der Waals surface area contributed by atoms with Gasteiger partial charge in [-0.05, 0) is 29.4 Å². The number of rotatable bonds is 0. The minimum Gasteiger partial charge on any atom is -0.133 e. The number of fused-ring (bicyclic) bond motifs is 2. The topological polar surface area (TPSA) is 0 Å². The molecule has 0 N–H and O–H groups in total. The van der Waals surface area contributed by atoms with E-state index in [1.165, 1.54) is 18.6 Å². The summed E-state index contributed by atoms with van der Waals surface area (Å²) in [5.41, 5.74) is 3.55. The molecule has 1 spiro atoms. The van der Waals surface area contributed by atoms with E-state index in [1.807, 2.05) is 11.8 Å². The van der Waals surface area contributed by atoms with E-state index in [0.717, 1.165) is 0 Å². The molecular formula is C12H12S. The summed E-state index contributed by atoms with van der Waals surface area (Å²) in [6.07, 6.45) is 4.99. The molecule has 0 saturated heterocycles. The highest BCUT2D eigenvalue weighted by Crippen LogP contribution is 2.45. The number of allylic oxidation sites excluding steroid dienone is 1. The van der Waals surface area contributed by atoms with Crippen LogP contribution in [0.3, 0.4) is 0 Å². The smallest absolute Gasteiger partial charge is 0.0239 e. The molecule has 1 aromatic carbocycles. The van der Waals surface area contributed by atoms with Crippen LogP contribution in [-0.4, -0.2) is 5.75 Å². The predicted octanol–water partition coefficient (Wildman–Crippen LogP) is 3.13. The van der Waals surface area contributed by atoms with Crippen molar-refractivity contribution in [3.63, 3.8) is 0 Å². The number of aryl methyl sites for hydroxylation is 1. The van der Waals surface area contributed by atoms with Crippen molar-refractivity contribution in [2.45, 2.75) is 18.3 Å². The zero-order chi connectivity index (χ0) is 8.73. The van der Waals surface area contributed by atoms with Crippen LogP contribution in [0.15, 0.2) is 35.7 Å². The normalized spacial score (nSPS) is 29.8. The molecule has 66 valence electrons. The monoisotopic (exact) mass is 188 g/mol. The maximum absolute atomic E-state index is 2.41. The minimum atomic E-state index is 0.404. The van der Waals surface area contributed by atoms with E-state index in [0.29, 0.717) is 5.41 Å². The van der Waals surface area contributed by atoms with Gasteiger partial charge in [0.1, 0.15) is 0 Å². The van der Waals surface area contributed by atoms with Crippen LogP contribution in [-0.2, 0) is 11.8 Å². The lowest BCUT2D eigenvalue weighted by Crippen LogP contribution is -2.19. The van der Waals surface area contributed by atoms with Crippen molar-refractivity contribution in [2.75, 3.05) is 5.75 Å². The second-order valence-corrected chi connectivity index (χ2v) is 4.82. The fourth-order valence-electron chi connectivity index (χ4n) is 2.46. The molecule has 1 aliphatic heterocycles. The van der Waals surface area contributed by atoms with E-state index in [1.54, 1.807) is 11.1 Å². The largest absolute Gasteiger partial charge is 0.133 e.